The summed E-state index contributed by atoms with van der Waals surface area (Å²) in [6.45, 7) is 4.40. The first-order valence-corrected chi connectivity index (χ1v) is 5.83. The minimum Gasteiger partial charge on any atom is -0.478 e. The summed E-state index contributed by atoms with van der Waals surface area (Å²) >= 11 is 0. The second-order valence-electron chi connectivity index (χ2n) is 3.82. The first-order valence-electron chi connectivity index (χ1n) is 5.83. The van der Waals surface area contributed by atoms with Crippen LogP contribution in [0.4, 0.5) is 5.69 Å². The number of hydrogen-bond acceptors (Lipinski definition) is 4. The highest BCUT2D eigenvalue weighted by Crippen LogP contribution is 2.27. The number of ether oxygens (including phenoxy) is 2. The molecular weight excluding hydrogens is 228 g/mol. The Morgan fingerprint density at radius 1 is 1.11 bits per heavy atom. The lowest BCUT2D eigenvalue weighted by molar-refractivity contribution is 0.321. The normalized spacial score (nSPS) is 10.1. The summed E-state index contributed by atoms with van der Waals surface area (Å²) in [7, 11) is 0. The van der Waals surface area contributed by atoms with E-state index < -0.39 is 0 Å². The fraction of sp³-hybridized carbons (Fsp3) is 0.214. The Kier molecular flexibility index (Phi) is 3.67. The van der Waals surface area contributed by atoms with Crippen LogP contribution in [0, 0.1) is 6.92 Å². The van der Waals surface area contributed by atoms with Gasteiger partial charge >= 0.3 is 0 Å². The van der Waals surface area contributed by atoms with Crippen LogP contribution in [-0.4, -0.2) is 11.6 Å². The highest BCUT2D eigenvalue weighted by Gasteiger charge is 2.05. The average Bonchev–Trinajstić information content (AvgIpc) is 2.36. The van der Waals surface area contributed by atoms with Gasteiger partial charge in [-0.05, 0) is 26.0 Å². The lowest BCUT2D eigenvalue weighted by Crippen LogP contribution is -1.97. The molecule has 0 bridgehead atoms. The SMILES string of the molecule is CCOc1cccc(Oc2cccc(N)c2C)n1. The maximum Gasteiger partial charge on any atom is 0.222 e. The van der Waals surface area contributed by atoms with E-state index in [-0.39, 0.29) is 0 Å². The number of aromatic nitrogens is 1. The molecule has 0 spiro atoms. The second-order valence-corrected chi connectivity index (χ2v) is 3.82. The number of anilines is 1. The first kappa shape index (κ1) is 12.2. The summed E-state index contributed by atoms with van der Waals surface area (Å²) in [5, 5.41) is 0. The average molecular weight is 244 g/mol. The van der Waals surface area contributed by atoms with Crippen LogP contribution in [0.5, 0.6) is 17.5 Å². The molecule has 1 heterocycles. The third-order valence-corrected chi connectivity index (χ3v) is 2.53. The van der Waals surface area contributed by atoms with Gasteiger partial charge < -0.3 is 15.2 Å². The van der Waals surface area contributed by atoms with Crippen LogP contribution >= 0.6 is 0 Å². The summed E-state index contributed by atoms with van der Waals surface area (Å²) in [5.41, 5.74) is 7.43. The van der Waals surface area contributed by atoms with Gasteiger partial charge in [-0.2, -0.15) is 4.98 Å². The van der Waals surface area contributed by atoms with Crippen LogP contribution < -0.4 is 15.2 Å². The summed E-state index contributed by atoms with van der Waals surface area (Å²) in [5.74, 6) is 1.75. The van der Waals surface area contributed by atoms with E-state index in [2.05, 4.69) is 4.98 Å². The lowest BCUT2D eigenvalue weighted by atomic mass is 10.2. The summed E-state index contributed by atoms with van der Waals surface area (Å²) in [6, 6.07) is 11.0. The first-order chi connectivity index (χ1) is 8.70. The predicted octanol–water partition coefficient (Wildman–Crippen LogP) is 3.16. The fourth-order valence-corrected chi connectivity index (χ4v) is 1.54. The molecule has 4 nitrogen and oxygen atoms in total. The molecule has 0 aliphatic rings. The quantitative estimate of drug-likeness (QED) is 0.839. The molecule has 0 saturated heterocycles. The Morgan fingerprint density at radius 2 is 1.83 bits per heavy atom. The van der Waals surface area contributed by atoms with Gasteiger partial charge in [-0.25, -0.2) is 0 Å². The van der Waals surface area contributed by atoms with Gasteiger partial charge in [0, 0.05) is 23.4 Å². The Balaban J connectivity index is 2.23. The Labute approximate surface area is 106 Å². The van der Waals surface area contributed by atoms with Gasteiger partial charge in [0.05, 0.1) is 6.61 Å². The van der Waals surface area contributed by atoms with Crippen molar-refractivity contribution >= 4 is 5.69 Å². The van der Waals surface area contributed by atoms with Crippen molar-refractivity contribution in [1.29, 1.82) is 0 Å². The minimum absolute atomic E-state index is 0.495. The van der Waals surface area contributed by atoms with Crippen molar-refractivity contribution in [1.82, 2.24) is 4.98 Å². The van der Waals surface area contributed by atoms with Crippen molar-refractivity contribution in [3.63, 3.8) is 0 Å². The smallest absolute Gasteiger partial charge is 0.222 e. The maximum atomic E-state index is 5.83. The molecule has 0 amide bonds. The van der Waals surface area contributed by atoms with Gasteiger partial charge in [-0.1, -0.05) is 12.1 Å². The Hall–Kier alpha value is -2.23. The molecule has 0 atom stereocenters. The number of pyridine rings is 1. The molecule has 1 aromatic carbocycles. The van der Waals surface area contributed by atoms with Crippen molar-refractivity contribution in [2.75, 3.05) is 12.3 Å². The Bertz CT molecular complexity index is 541. The van der Waals surface area contributed by atoms with Crippen LogP contribution in [0.3, 0.4) is 0 Å². The van der Waals surface area contributed by atoms with Crippen LogP contribution in [0.1, 0.15) is 12.5 Å². The molecule has 0 radical (unpaired) electrons. The molecule has 4 heteroatoms. The number of benzene rings is 1. The monoisotopic (exact) mass is 244 g/mol. The predicted molar refractivity (Wildman–Crippen MR) is 71.1 cm³/mol. The van der Waals surface area contributed by atoms with E-state index >= 15 is 0 Å². The molecule has 0 saturated carbocycles. The van der Waals surface area contributed by atoms with Gasteiger partial charge in [0.2, 0.25) is 11.8 Å². The molecule has 0 unspecified atom stereocenters. The maximum absolute atomic E-state index is 5.83. The molecule has 2 aromatic rings. The van der Waals surface area contributed by atoms with Crippen molar-refractivity contribution in [2.45, 2.75) is 13.8 Å². The highest BCUT2D eigenvalue weighted by atomic mass is 16.5. The molecule has 0 aliphatic heterocycles. The lowest BCUT2D eigenvalue weighted by Gasteiger charge is -2.10. The van der Waals surface area contributed by atoms with Crippen molar-refractivity contribution in [3.05, 3.63) is 42.0 Å². The van der Waals surface area contributed by atoms with E-state index in [1.54, 1.807) is 12.1 Å². The minimum atomic E-state index is 0.495. The van der Waals surface area contributed by atoms with Gasteiger partial charge in [-0.15, -0.1) is 0 Å². The number of nitrogens with two attached hydrogens (primary N) is 1. The third kappa shape index (κ3) is 2.71. The molecule has 18 heavy (non-hydrogen) atoms. The molecular formula is C14H16N2O2. The third-order valence-electron chi connectivity index (χ3n) is 2.53. The zero-order valence-electron chi connectivity index (χ0n) is 10.5. The molecule has 2 N–H and O–H groups in total. The number of rotatable bonds is 4. The summed E-state index contributed by atoms with van der Waals surface area (Å²) < 4.78 is 11.0. The molecule has 0 aliphatic carbocycles. The van der Waals surface area contributed by atoms with Crippen molar-refractivity contribution in [2.24, 2.45) is 0 Å². The number of hydrogen-bond donors (Lipinski definition) is 1. The largest absolute Gasteiger partial charge is 0.478 e. The van der Waals surface area contributed by atoms with E-state index in [0.717, 1.165) is 5.56 Å². The van der Waals surface area contributed by atoms with Crippen LogP contribution in [0.2, 0.25) is 0 Å². The number of nitrogens with zero attached hydrogens (tertiary/aromatic N) is 1. The molecule has 2 rings (SSSR count). The highest BCUT2D eigenvalue weighted by molar-refractivity contribution is 5.53. The van der Waals surface area contributed by atoms with E-state index in [9.17, 15) is 0 Å². The van der Waals surface area contributed by atoms with E-state index in [4.69, 9.17) is 15.2 Å². The summed E-state index contributed by atoms with van der Waals surface area (Å²) in [6.07, 6.45) is 0. The van der Waals surface area contributed by atoms with E-state index in [1.807, 2.05) is 38.1 Å². The van der Waals surface area contributed by atoms with Gasteiger partial charge in [0.1, 0.15) is 5.75 Å². The topological polar surface area (TPSA) is 57.4 Å². The van der Waals surface area contributed by atoms with E-state index in [0.29, 0.717) is 29.8 Å². The van der Waals surface area contributed by atoms with Crippen LogP contribution in [0.25, 0.3) is 0 Å². The zero-order valence-corrected chi connectivity index (χ0v) is 10.5. The molecule has 1 aromatic heterocycles. The van der Waals surface area contributed by atoms with Crippen molar-refractivity contribution < 1.29 is 9.47 Å². The summed E-state index contributed by atoms with van der Waals surface area (Å²) in [4.78, 5) is 4.24. The second kappa shape index (κ2) is 5.40. The number of nitrogen functional groups attached to an aromatic ring is 1. The Morgan fingerprint density at radius 3 is 2.61 bits per heavy atom. The fourth-order valence-electron chi connectivity index (χ4n) is 1.54. The molecule has 0 fully saturated rings. The zero-order chi connectivity index (χ0) is 13.0. The van der Waals surface area contributed by atoms with Crippen LogP contribution in [-0.2, 0) is 0 Å². The van der Waals surface area contributed by atoms with Crippen molar-refractivity contribution in [3.8, 4) is 17.5 Å². The van der Waals surface area contributed by atoms with Gasteiger partial charge in [-0.3, -0.25) is 0 Å². The molecule has 94 valence electrons. The standard InChI is InChI=1S/C14H16N2O2/c1-3-17-13-8-5-9-14(16-13)18-12-7-4-6-11(15)10(12)2/h4-9H,3,15H2,1-2H3. The van der Waals surface area contributed by atoms with E-state index in [1.165, 1.54) is 0 Å². The van der Waals surface area contributed by atoms with Gasteiger partial charge in [0.15, 0.2) is 0 Å². The van der Waals surface area contributed by atoms with Gasteiger partial charge in [0.25, 0.3) is 0 Å². The van der Waals surface area contributed by atoms with Crippen LogP contribution in [0.15, 0.2) is 36.4 Å².